The van der Waals surface area contributed by atoms with Crippen molar-refractivity contribution in [1.29, 1.82) is 0 Å². The highest BCUT2D eigenvalue weighted by Crippen LogP contribution is 2.48. The summed E-state index contributed by atoms with van der Waals surface area (Å²) in [6, 6.07) is 5.22. The molecule has 0 aromatic heterocycles. The minimum Gasteiger partial charge on any atom is -0.274 e. The summed E-state index contributed by atoms with van der Waals surface area (Å²) in [5.74, 6) is -0.207. The van der Waals surface area contributed by atoms with E-state index in [4.69, 9.17) is 11.6 Å². The van der Waals surface area contributed by atoms with Gasteiger partial charge in [-0.15, -0.1) is 0 Å². The van der Waals surface area contributed by atoms with Crippen LogP contribution in [0.25, 0.3) is 0 Å². The van der Waals surface area contributed by atoms with Crippen LogP contribution in [0.4, 0.5) is 5.69 Å². The molecule has 1 heterocycles. The number of nitrogens with zero attached hydrogens (tertiary/aromatic N) is 1. The predicted octanol–water partition coefficient (Wildman–Crippen LogP) is 3.93. The zero-order valence-electron chi connectivity index (χ0n) is 10.3. The highest BCUT2D eigenvalue weighted by molar-refractivity contribution is 9.10. The summed E-state index contributed by atoms with van der Waals surface area (Å²) in [5, 5.41) is 0.431. The van der Waals surface area contributed by atoms with Crippen LogP contribution in [-0.4, -0.2) is 11.8 Å². The van der Waals surface area contributed by atoms with E-state index in [2.05, 4.69) is 15.9 Å². The lowest BCUT2D eigenvalue weighted by Gasteiger charge is -2.21. The quantitative estimate of drug-likeness (QED) is 0.725. The minimum absolute atomic E-state index is 0.0741. The summed E-state index contributed by atoms with van der Waals surface area (Å²) in [4.78, 5) is 26.2. The number of imide groups is 1. The molecule has 1 aromatic rings. The molecule has 1 aromatic carbocycles. The zero-order valence-corrected chi connectivity index (χ0v) is 12.6. The Bertz CT molecular complexity index is 567. The van der Waals surface area contributed by atoms with Crippen LogP contribution in [-0.2, 0) is 9.59 Å². The van der Waals surface area contributed by atoms with E-state index in [1.54, 1.807) is 18.2 Å². The van der Waals surface area contributed by atoms with Crippen molar-refractivity contribution < 1.29 is 9.59 Å². The molecule has 1 saturated carbocycles. The van der Waals surface area contributed by atoms with Gasteiger partial charge < -0.3 is 0 Å². The molecule has 2 aliphatic rings. The van der Waals surface area contributed by atoms with Crippen LogP contribution < -0.4 is 4.90 Å². The maximum Gasteiger partial charge on any atom is 0.240 e. The number of amides is 2. The Hall–Kier alpha value is -0.870. The van der Waals surface area contributed by atoms with Crippen LogP contribution in [0.5, 0.6) is 0 Å². The van der Waals surface area contributed by atoms with E-state index in [0.29, 0.717) is 17.1 Å². The monoisotopic (exact) mass is 341 g/mol. The average molecular weight is 343 g/mol. The summed E-state index contributed by atoms with van der Waals surface area (Å²) in [6.07, 6.45) is 4.02. The second kappa shape index (κ2) is 4.60. The van der Waals surface area contributed by atoms with Crippen molar-refractivity contribution in [1.82, 2.24) is 0 Å². The van der Waals surface area contributed by atoms with E-state index in [1.807, 2.05) is 0 Å². The van der Waals surface area contributed by atoms with Gasteiger partial charge >= 0.3 is 0 Å². The Morgan fingerprint density at radius 3 is 2.58 bits per heavy atom. The van der Waals surface area contributed by atoms with E-state index in [1.165, 1.54) is 4.90 Å². The van der Waals surface area contributed by atoms with Crippen molar-refractivity contribution in [3.05, 3.63) is 27.7 Å². The lowest BCUT2D eigenvalue weighted by molar-refractivity contribution is -0.125. The van der Waals surface area contributed by atoms with Crippen LogP contribution in [0.15, 0.2) is 22.7 Å². The number of benzene rings is 1. The first-order valence-corrected chi connectivity index (χ1v) is 7.53. The van der Waals surface area contributed by atoms with Crippen molar-refractivity contribution in [2.75, 3.05) is 4.90 Å². The number of halogens is 2. The fourth-order valence-corrected chi connectivity index (χ4v) is 3.69. The third kappa shape index (κ3) is 2.01. The van der Waals surface area contributed by atoms with Crippen molar-refractivity contribution in [2.24, 2.45) is 5.41 Å². The average Bonchev–Trinajstić information content (AvgIpc) is 2.91. The Labute approximate surface area is 125 Å². The van der Waals surface area contributed by atoms with Gasteiger partial charge in [-0.1, -0.05) is 40.4 Å². The molecule has 100 valence electrons. The van der Waals surface area contributed by atoms with Crippen molar-refractivity contribution in [2.45, 2.75) is 32.1 Å². The second-order valence-electron chi connectivity index (χ2n) is 5.29. The molecule has 1 spiro atoms. The first-order chi connectivity index (χ1) is 9.03. The molecule has 2 amide bonds. The van der Waals surface area contributed by atoms with E-state index in [9.17, 15) is 9.59 Å². The SMILES string of the molecule is O=C1CC2(CCCC2)C(=O)N1c1cc(Br)ccc1Cl. The normalized spacial score (nSPS) is 21.7. The van der Waals surface area contributed by atoms with Crippen LogP contribution in [0.1, 0.15) is 32.1 Å². The van der Waals surface area contributed by atoms with Gasteiger partial charge in [0.25, 0.3) is 0 Å². The third-order valence-corrected chi connectivity index (χ3v) is 4.92. The third-order valence-electron chi connectivity index (χ3n) is 4.11. The largest absolute Gasteiger partial charge is 0.274 e. The van der Waals surface area contributed by atoms with Gasteiger partial charge in [0.05, 0.1) is 16.1 Å². The smallest absolute Gasteiger partial charge is 0.240 e. The molecule has 0 N–H and O–H groups in total. The molecule has 1 saturated heterocycles. The minimum atomic E-state index is -0.456. The molecular formula is C14H13BrClNO2. The molecule has 0 unspecified atom stereocenters. The van der Waals surface area contributed by atoms with Crippen LogP contribution in [0.3, 0.4) is 0 Å². The van der Waals surface area contributed by atoms with Crippen LogP contribution >= 0.6 is 27.5 Å². The summed E-state index contributed by atoms with van der Waals surface area (Å²) in [5.41, 5.74) is 0.0396. The lowest BCUT2D eigenvalue weighted by atomic mass is 9.84. The van der Waals surface area contributed by atoms with Gasteiger partial charge in [-0.3, -0.25) is 9.59 Å². The van der Waals surface area contributed by atoms with Gasteiger partial charge in [-0.25, -0.2) is 4.90 Å². The predicted molar refractivity (Wildman–Crippen MR) is 77.2 cm³/mol. The number of hydrogen-bond acceptors (Lipinski definition) is 2. The molecule has 5 heteroatoms. The summed E-state index contributed by atoms with van der Waals surface area (Å²) in [7, 11) is 0. The standard InChI is InChI=1S/C14H13BrClNO2/c15-9-3-4-10(16)11(7-9)17-12(18)8-14(13(17)19)5-1-2-6-14/h3-4,7H,1-2,5-6,8H2. The fourth-order valence-electron chi connectivity index (χ4n) is 3.14. The number of hydrogen-bond donors (Lipinski definition) is 0. The highest BCUT2D eigenvalue weighted by Gasteiger charge is 2.53. The number of anilines is 1. The molecular weight excluding hydrogens is 330 g/mol. The van der Waals surface area contributed by atoms with Crippen molar-refractivity contribution in [3.63, 3.8) is 0 Å². The van der Waals surface area contributed by atoms with Gasteiger partial charge in [0, 0.05) is 10.9 Å². The van der Waals surface area contributed by atoms with Gasteiger partial charge in [-0.2, -0.15) is 0 Å². The van der Waals surface area contributed by atoms with E-state index >= 15 is 0 Å². The Balaban J connectivity index is 2.03. The molecule has 3 nitrogen and oxygen atoms in total. The molecule has 2 fully saturated rings. The molecule has 1 aliphatic carbocycles. The molecule has 3 rings (SSSR count). The van der Waals surface area contributed by atoms with Crippen LogP contribution in [0, 0.1) is 5.41 Å². The van der Waals surface area contributed by atoms with Gasteiger partial charge in [0.1, 0.15) is 0 Å². The van der Waals surface area contributed by atoms with Gasteiger partial charge in [-0.05, 0) is 31.0 Å². The lowest BCUT2D eigenvalue weighted by Crippen LogP contribution is -2.34. The summed E-state index contributed by atoms with van der Waals surface area (Å²) < 4.78 is 0.805. The molecule has 19 heavy (non-hydrogen) atoms. The Kier molecular flexibility index (Phi) is 3.18. The number of carbonyl (C=O) groups is 2. The Morgan fingerprint density at radius 2 is 1.89 bits per heavy atom. The topological polar surface area (TPSA) is 37.4 Å². The molecule has 0 atom stereocenters. The molecule has 1 aliphatic heterocycles. The number of carbonyl (C=O) groups excluding carboxylic acids is 2. The van der Waals surface area contributed by atoms with E-state index < -0.39 is 5.41 Å². The fraction of sp³-hybridized carbons (Fsp3) is 0.429. The molecule has 0 bridgehead atoms. The summed E-state index contributed by atoms with van der Waals surface area (Å²) in [6.45, 7) is 0. The molecule has 0 radical (unpaired) electrons. The van der Waals surface area contributed by atoms with Gasteiger partial charge in [0.2, 0.25) is 11.8 Å². The first-order valence-electron chi connectivity index (χ1n) is 6.36. The van der Waals surface area contributed by atoms with Gasteiger partial charge in [0.15, 0.2) is 0 Å². The van der Waals surface area contributed by atoms with Crippen molar-refractivity contribution >= 4 is 45.0 Å². The Morgan fingerprint density at radius 1 is 1.21 bits per heavy atom. The highest BCUT2D eigenvalue weighted by atomic mass is 79.9. The van der Waals surface area contributed by atoms with Crippen molar-refractivity contribution in [3.8, 4) is 0 Å². The zero-order chi connectivity index (χ0) is 13.6. The maximum absolute atomic E-state index is 12.6. The van der Waals surface area contributed by atoms with E-state index in [-0.39, 0.29) is 11.8 Å². The summed E-state index contributed by atoms with van der Waals surface area (Å²) >= 11 is 9.49. The maximum atomic E-state index is 12.6. The number of rotatable bonds is 1. The van der Waals surface area contributed by atoms with Crippen LogP contribution in [0.2, 0.25) is 5.02 Å². The second-order valence-corrected chi connectivity index (χ2v) is 6.62. The first kappa shape index (κ1) is 13.1. The van der Waals surface area contributed by atoms with E-state index in [0.717, 1.165) is 30.2 Å².